The van der Waals surface area contributed by atoms with Gasteiger partial charge in [-0.1, -0.05) is 50.6 Å². The summed E-state index contributed by atoms with van der Waals surface area (Å²) in [6.45, 7) is 15.2. The van der Waals surface area contributed by atoms with E-state index in [1.54, 1.807) is 20.3 Å². The summed E-state index contributed by atoms with van der Waals surface area (Å²) in [6, 6.07) is 7.79. The van der Waals surface area contributed by atoms with Crippen molar-refractivity contribution >= 4 is 5.78 Å². The second-order valence-corrected chi connectivity index (χ2v) is 12.2. The number of hydrogen-bond donors (Lipinski definition) is 0. The second-order valence-electron chi connectivity index (χ2n) is 12.2. The number of benzene rings is 1. The number of Topliss-reactive ketones (excluding diaryl/α,β-unsaturated/α-hetero) is 1. The van der Waals surface area contributed by atoms with Gasteiger partial charge in [0.05, 0.1) is 20.3 Å². The van der Waals surface area contributed by atoms with Gasteiger partial charge in [0.15, 0.2) is 11.6 Å². The zero-order chi connectivity index (χ0) is 28.4. The van der Waals surface area contributed by atoms with Crippen LogP contribution in [0.3, 0.4) is 0 Å². The van der Waals surface area contributed by atoms with Crippen LogP contribution >= 0.6 is 0 Å². The van der Waals surface area contributed by atoms with E-state index in [-0.39, 0.29) is 35.7 Å². The highest BCUT2D eigenvalue weighted by Crippen LogP contribution is 2.53. The van der Waals surface area contributed by atoms with Crippen molar-refractivity contribution in [3.63, 3.8) is 0 Å². The fourth-order valence-corrected chi connectivity index (χ4v) is 6.87. The molecule has 0 amide bonds. The first kappa shape index (κ1) is 29.9. The summed E-state index contributed by atoms with van der Waals surface area (Å²) in [4.78, 5) is 14.3. The molecule has 1 aromatic rings. The molecule has 7 nitrogen and oxygen atoms in total. The van der Waals surface area contributed by atoms with Crippen molar-refractivity contribution in [3.8, 4) is 5.75 Å². The molecule has 1 heterocycles. The fraction of sp³-hybridized carbons (Fsp3) is 0.656. The molecule has 2 aliphatic carbocycles. The third-order valence-corrected chi connectivity index (χ3v) is 9.15. The van der Waals surface area contributed by atoms with Crippen LogP contribution in [0.4, 0.5) is 0 Å². The van der Waals surface area contributed by atoms with Crippen molar-refractivity contribution in [2.24, 2.45) is 23.2 Å². The smallest absolute Gasteiger partial charge is 0.165 e. The van der Waals surface area contributed by atoms with Crippen LogP contribution in [-0.4, -0.2) is 57.0 Å². The molecule has 7 heteroatoms. The third kappa shape index (κ3) is 5.89. The van der Waals surface area contributed by atoms with E-state index in [1.165, 1.54) is 5.57 Å². The molecule has 1 saturated heterocycles. The highest BCUT2D eigenvalue weighted by Gasteiger charge is 2.59. The van der Waals surface area contributed by atoms with Gasteiger partial charge in [-0.2, -0.15) is 0 Å². The number of carbonyl (C=O) groups is 1. The minimum Gasteiger partial charge on any atom is -0.497 e. The normalized spacial score (nSPS) is 33.9. The van der Waals surface area contributed by atoms with E-state index in [2.05, 4.69) is 26.5 Å². The summed E-state index contributed by atoms with van der Waals surface area (Å²) in [5.74, 6) is -0.466. The van der Waals surface area contributed by atoms with Gasteiger partial charge < -0.3 is 28.4 Å². The molecule has 216 valence electrons. The van der Waals surface area contributed by atoms with Crippen molar-refractivity contribution in [1.29, 1.82) is 0 Å². The summed E-state index contributed by atoms with van der Waals surface area (Å²) in [6.07, 6.45) is 5.61. The highest BCUT2D eigenvalue weighted by molar-refractivity contribution is 5.86. The van der Waals surface area contributed by atoms with E-state index in [0.29, 0.717) is 19.6 Å². The van der Waals surface area contributed by atoms with Gasteiger partial charge in [0, 0.05) is 24.9 Å². The Morgan fingerprint density at radius 1 is 1.13 bits per heavy atom. The van der Waals surface area contributed by atoms with Gasteiger partial charge >= 0.3 is 0 Å². The predicted molar refractivity (Wildman–Crippen MR) is 149 cm³/mol. The van der Waals surface area contributed by atoms with Gasteiger partial charge in [0.1, 0.15) is 30.4 Å². The zero-order valence-electron chi connectivity index (χ0n) is 24.7. The Morgan fingerprint density at radius 2 is 1.85 bits per heavy atom. The first-order chi connectivity index (χ1) is 18.5. The summed E-state index contributed by atoms with van der Waals surface area (Å²) < 4.78 is 36.2. The number of ketones is 1. The number of rotatable bonds is 10. The van der Waals surface area contributed by atoms with Crippen LogP contribution in [-0.2, 0) is 35.1 Å². The molecule has 0 N–H and O–H groups in total. The zero-order valence-corrected chi connectivity index (χ0v) is 24.7. The van der Waals surface area contributed by atoms with E-state index < -0.39 is 23.6 Å². The Balaban J connectivity index is 1.71. The maximum Gasteiger partial charge on any atom is 0.165 e. The molecule has 1 aromatic carbocycles. The lowest BCUT2D eigenvalue weighted by Gasteiger charge is -2.44. The molecule has 0 spiro atoms. The van der Waals surface area contributed by atoms with E-state index in [1.807, 2.05) is 45.0 Å². The monoisotopic (exact) mass is 542 g/mol. The molecule has 1 aliphatic heterocycles. The lowest BCUT2D eigenvalue weighted by atomic mass is 9.70. The number of allylic oxidation sites excluding steroid dienone is 2. The van der Waals surface area contributed by atoms with Crippen molar-refractivity contribution in [2.75, 3.05) is 27.6 Å². The first-order valence-corrected chi connectivity index (χ1v) is 14.0. The SMILES string of the molecule is C=C[C@@H](OCc1ccc(OC)cc1)[C@]1([C@H]2C/C=C3/CC[C@@H]([C@@H](OCOC)C(=O)[C@@H]2C)C3(C)C)COC(C)(C)O1. The Kier molecular flexibility index (Phi) is 9.08. The fourth-order valence-electron chi connectivity index (χ4n) is 6.87. The molecule has 3 aliphatic rings. The molecule has 4 rings (SSSR count). The van der Waals surface area contributed by atoms with Gasteiger partial charge in [-0.25, -0.2) is 0 Å². The Bertz CT molecular complexity index is 1040. The van der Waals surface area contributed by atoms with Crippen LogP contribution in [0.25, 0.3) is 0 Å². The largest absolute Gasteiger partial charge is 0.497 e. The molecular formula is C32H46O7. The number of carbonyl (C=O) groups excluding carboxylic acids is 1. The van der Waals surface area contributed by atoms with Crippen molar-refractivity contribution in [1.82, 2.24) is 0 Å². The Labute approximate surface area is 233 Å². The predicted octanol–water partition coefficient (Wildman–Crippen LogP) is 5.86. The van der Waals surface area contributed by atoms with Gasteiger partial charge in [-0.3, -0.25) is 4.79 Å². The molecule has 39 heavy (non-hydrogen) atoms. The van der Waals surface area contributed by atoms with Crippen LogP contribution in [0, 0.1) is 23.2 Å². The van der Waals surface area contributed by atoms with Gasteiger partial charge in [0.2, 0.25) is 0 Å². The highest BCUT2D eigenvalue weighted by atomic mass is 16.8. The van der Waals surface area contributed by atoms with Gasteiger partial charge in [-0.15, -0.1) is 6.58 Å². The number of fused-ring (bicyclic) bond motifs is 2. The molecule has 0 unspecified atom stereocenters. The van der Waals surface area contributed by atoms with E-state index in [9.17, 15) is 4.79 Å². The summed E-state index contributed by atoms with van der Waals surface area (Å²) in [5.41, 5.74) is 1.31. The van der Waals surface area contributed by atoms with E-state index >= 15 is 0 Å². The summed E-state index contributed by atoms with van der Waals surface area (Å²) in [5, 5.41) is 0. The van der Waals surface area contributed by atoms with Crippen LogP contribution in [0.5, 0.6) is 5.75 Å². The van der Waals surface area contributed by atoms with Crippen LogP contribution in [0.1, 0.15) is 59.4 Å². The van der Waals surface area contributed by atoms with E-state index in [4.69, 9.17) is 28.4 Å². The number of hydrogen-bond acceptors (Lipinski definition) is 7. The third-order valence-electron chi connectivity index (χ3n) is 9.15. The van der Waals surface area contributed by atoms with Crippen LogP contribution in [0.2, 0.25) is 0 Å². The molecular weight excluding hydrogens is 496 g/mol. The molecule has 6 atom stereocenters. The Morgan fingerprint density at radius 3 is 2.44 bits per heavy atom. The quantitative estimate of drug-likeness (QED) is 0.271. The van der Waals surface area contributed by atoms with Crippen molar-refractivity contribution in [3.05, 3.63) is 54.1 Å². The van der Waals surface area contributed by atoms with Crippen molar-refractivity contribution < 1.29 is 33.2 Å². The standard InChI is InChI=1S/C32H46O7/c1-9-27(36-18-22-10-14-24(35-8)15-11-22)32(19-38-31(5,6)39-32)25-16-12-23-13-17-26(30(23,3)4)29(37-20-34-7)28(33)21(25)2/h9-12,14-15,21,25-27,29H,1,13,16-20H2,2-8H3/b23-12-/t21-,25+,26+,27-,29-,32-/m1/s1. The lowest BCUT2D eigenvalue weighted by molar-refractivity contribution is -0.209. The average Bonchev–Trinajstić information content (AvgIpc) is 3.40. The topological polar surface area (TPSA) is 72.5 Å². The molecule has 0 radical (unpaired) electrons. The Hall–Kier alpha value is -2.03. The molecule has 2 bridgehead atoms. The lowest BCUT2D eigenvalue weighted by Crippen LogP contribution is -2.56. The minimum atomic E-state index is -0.913. The first-order valence-electron chi connectivity index (χ1n) is 14.0. The summed E-state index contributed by atoms with van der Waals surface area (Å²) >= 11 is 0. The molecule has 2 fully saturated rings. The maximum absolute atomic E-state index is 14.3. The maximum atomic E-state index is 14.3. The number of methoxy groups -OCH3 is 2. The molecule has 1 saturated carbocycles. The number of ether oxygens (including phenoxy) is 6. The molecule has 0 aromatic heterocycles. The van der Waals surface area contributed by atoms with Gasteiger partial charge in [-0.05, 0) is 56.2 Å². The van der Waals surface area contributed by atoms with Gasteiger partial charge in [0.25, 0.3) is 0 Å². The average molecular weight is 543 g/mol. The van der Waals surface area contributed by atoms with E-state index in [0.717, 1.165) is 24.2 Å². The van der Waals surface area contributed by atoms with Crippen LogP contribution < -0.4 is 4.74 Å². The summed E-state index contributed by atoms with van der Waals surface area (Å²) in [7, 11) is 3.24. The minimum absolute atomic E-state index is 0.0808. The van der Waals surface area contributed by atoms with Crippen molar-refractivity contribution in [2.45, 2.75) is 84.1 Å². The van der Waals surface area contributed by atoms with Crippen LogP contribution in [0.15, 0.2) is 48.6 Å². The second kappa shape index (κ2) is 11.8.